The number of fused-ring (bicyclic) bond motifs is 2. The monoisotopic (exact) mass is 459 g/mol. The van der Waals surface area contributed by atoms with Crippen LogP contribution in [0.3, 0.4) is 0 Å². The van der Waals surface area contributed by atoms with E-state index >= 15 is 0 Å². The lowest BCUT2D eigenvalue weighted by atomic mass is 10.1. The summed E-state index contributed by atoms with van der Waals surface area (Å²) in [6.45, 7) is 0. The first-order chi connectivity index (χ1) is 16.7. The Morgan fingerprint density at radius 1 is 0.794 bits per heavy atom. The fourth-order valence-electron chi connectivity index (χ4n) is 4.09. The van der Waals surface area contributed by atoms with Crippen LogP contribution < -0.4 is 4.90 Å². The second kappa shape index (κ2) is 8.17. The first-order valence-corrected chi connectivity index (χ1v) is 11.6. The largest absolute Gasteiger partial charge is 0.288 e. The van der Waals surface area contributed by atoms with Crippen LogP contribution in [-0.4, -0.2) is 21.5 Å². The number of anilines is 3. The Hall–Kier alpha value is -4.42. The maximum absolute atomic E-state index is 13.1. The van der Waals surface area contributed by atoms with Crippen molar-refractivity contribution in [3.63, 3.8) is 0 Å². The smallest absolute Gasteiger partial charge is 0.216 e. The first kappa shape index (κ1) is 20.2. The van der Waals surface area contributed by atoms with Gasteiger partial charge < -0.3 is 0 Å². The van der Waals surface area contributed by atoms with Crippen LogP contribution in [0.5, 0.6) is 0 Å². The molecule has 0 amide bonds. The molecule has 3 heterocycles. The fraction of sp³-hybridized carbons (Fsp3) is 0. The van der Waals surface area contributed by atoms with Gasteiger partial charge in [-0.05, 0) is 54.6 Å². The molecule has 0 aliphatic heterocycles. The molecule has 0 N–H and O–H groups in total. The highest BCUT2D eigenvalue weighted by molar-refractivity contribution is 7.17. The lowest BCUT2D eigenvalue weighted by Gasteiger charge is -2.22. The Morgan fingerprint density at radius 3 is 2.41 bits per heavy atom. The molecule has 5 aromatic rings. The van der Waals surface area contributed by atoms with Crippen molar-refractivity contribution < 1.29 is 9.59 Å². The molecule has 3 aromatic heterocycles. The maximum atomic E-state index is 13.1. The van der Waals surface area contributed by atoms with E-state index < -0.39 is 0 Å². The molecular weight excluding hydrogens is 442 g/mol. The summed E-state index contributed by atoms with van der Waals surface area (Å²) < 4.78 is 0. The molecule has 2 aromatic carbocycles. The Labute approximate surface area is 199 Å². The number of aromatic nitrogens is 2. The zero-order valence-corrected chi connectivity index (χ0v) is 18.7. The molecule has 162 valence electrons. The zero-order valence-electron chi connectivity index (χ0n) is 17.9. The number of carbonyl (C=O) groups is 2. The van der Waals surface area contributed by atoms with E-state index in [0.717, 1.165) is 26.8 Å². The normalized spacial score (nSPS) is 14.1. The highest BCUT2D eigenvalue weighted by Crippen LogP contribution is 2.39. The summed E-state index contributed by atoms with van der Waals surface area (Å²) in [7, 11) is 0. The van der Waals surface area contributed by atoms with Gasteiger partial charge in [-0.3, -0.25) is 14.5 Å². The summed E-state index contributed by atoms with van der Waals surface area (Å²) in [6, 6.07) is 28.9. The van der Waals surface area contributed by atoms with Gasteiger partial charge in [-0.2, -0.15) is 0 Å². The zero-order chi connectivity index (χ0) is 23.1. The molecule has 0 fully saturated rings. The van der Waals surface area contributed by atoms with Gasteiger partial charge in [0, 0.05) is 22.1 Å². The number of carbonyl (C=O) groups excluding carboxylic acids is 2. The van der Waals surface area contributed by atoms with Gasteiger partial charge in [-0.25, -0.2) is 9.97 Å². The summed E-state index contributed by atoms with van der Waals surface area (Å²) in [5.41, 5.74) is 2.42. The Balaban J connectivity index is 1.39. The van der Waals surface area contributed by atoms with E-state index in [0.29, 0.717) is 11.1 Å². The third kappa shape index (κ3) is 3.41. The lowest BCUT2D eigenvalue weighted by molar-refractivity contribution is 0.0989. The van der Waals surface area contributed by atoms with E-state index in [1.165, 1.54) is 11.3 Å². The molecule has 5 nitrogen and oxygen atoms in total. The number of rotatable bonds is 4. The molecule has 6 heteroatoms. The van der Waals surface area contributed by atoms with Gasteiger partial charge in [-0.15, -0.1) is 11.3 Å². The van der Waals surface area contributed by atoms with Crippen LogP contribution in [0.2, 0.25) is 0 Å². The summed E-state index contributed by atoms with van der Waals surface area (Å²) in [6.07, 6.45) is 3.43. The van der Waals surface area contributed by atoms with Crippen LogP contribution in [0.1, 0.15) is 25.7 Å². The van der Waals surface area contributed by atoms with Crippen molar-refractivity contribution in [2.45, 2.75) is 0 Å². The SMILES string of the molecule is O=C1/C(=C\c2ccc(N(c3ccccc3)c3ccccn3)s2)C(=O)c2nc3ccccc3cc21. The van der Waals surface area contributed by atoms with E-state index in [9.17, 15) is 9.59 Å². The number of hydrogen-bond donors (Lipinski definition) is 0. The molecule has 0 saturated heterocycles. The second-order valence-electron chi connectivity index (χ2n) is 7.83. The number of nitrogens with zero attached hydrogens (tertiary/aromatic N) is 3. The minimum Gasteiger partial charge on any atom is -0.288 e. The number of para-hydroxylation sites is 2. The number of hydrogen-bond acceptors (Lipinski definition) is 6. The van der Waals surface area contributed by atoms with Gasteiger partial charge >= 0.3 is 0 Å². The lowest BCUT2D eigenvalue weighted by Crippen LogP contribution is -2.09. The molecule has 0 unspecified atom stereocenters. The minimum atomic E-state index is -0.328. The second-order valence-corrected chi connectivity index (χ2v) is 8.92. The molecule has 34 heavy (non-hydrogen) atoms. The van der Waals surface area contributed by atoms with Gasteiger partial charge in [0.15, 0.2) is 5.78 Å². The van der Waals surface area contributed by atoms with Crippen LogP contribution in [-0.2, 0) is 0 Å². The van der Waals surface area contributed by atoms with Crippen molar-refractivity contribution in [2.24, 2.45) is 0 Å². The number of ketones is 2. The molecule has 6 rings (SSSR count). The van der Waals surface area contributed by atoms with Gasteiger partial charge in [-0.1, -0.05) is 42.5 Å². The van der Waals surface area contributed by atoms with Crippen LogP contribution in [0.4, 0.5) is 16.5 Å². The minimum absolute atomic E-state index is 0.148. The van der Waals surface area contributed by atoms with E-state index in [4.69, 9.17) is 0 Å². The van der Waals surface area contributed by atoms with Gasteiger partial charge in [0.1, 0.15) is 16.5 Å². The third-order valence-electron chi connectivity index (χ3n) is 5.69. The quantitative estimate of drug-likeness (QED) is 0.223. The summed E-state index contributed by atoms with van der Waals surface area (Å²) >= 11 is 1.49. The van der Waals surface area contributed by atoms with Gasteiger partial charge in [0.2, 0.25) is 5.78 Å². The summed E-state index contributed by atoms with van der Waals surface area (Å²) in [4.78, 5) is 38.0. The van der Waals surface area contributed by atoms with Crippen molar-refractivity contribution in [1.29, 1.82) is 0 Å². The van der Waals surface area contributed by atoms with Crippen molar-refractivity contribution in [2.75, 3.05) is 4.90 Å². The predicted octanol–water partition coefficient (Wildman–Crippen LogP) is 6.62. The molecule has 0 atom stereocenters. The van der Waals surface area contributed by atoms with Crippen molar-refractivity contribution in [3.8, 4) is 0 Å². The fourth-order valence-corrected chi connectivity index (χ4v) is 5.07. The van der Waals surface area contributed by atoms with Crippen LogP contribution in [0, 0.1) is 0 Å². The predicted molar refractivity (Wildman–Crippen MR) is 135 cm³/mol. The Kier molecular flexibility index (Phi) is 4.86. The molecule has 0 spiro atoms. The maximum Gasteiger partial charge on any atom is 0.216 e. The average molecular weight is 460 g/mol. The molecule has 0 saturated carbocycles. The Bertz CT molecular complexity index is 1490. The van der Waals surface area contributed by atoms with E-state index in [1.54, 1.807) is 18.3 Å². The third-order valence-corrected chi connectivity index (χ3v) is 6.70. The Morgan fingerprint density at radius 2 is 1.59 bits per heavy atom. The number of thiophene rings is 1. The van der Waals surface area contributed by atoms with Crippen molar-refractivity contribution in [3.05, 3.63) is 119 Å². The van der Waals surface area contributed by atoms with E-state index in [1.807, 2.05) is 89.8 Å². The first-order valence-electron chi connectivity index (χ1n) is 10.8. The van der Waals surface area contributed by atoms with Crippen LogP contribution in [0.25, 0.3) is 17.0 Å². The number of allylic oxidation sites excluding steroid dienone is 1. The summed E-state index contributed by atoms with van der Waals surface area (Å²) in [5, 5.41) is 1.77. The van der Waals surface area contributed by atoms with Gasteiger partial charge in [0.25, 0.3) is 0 Å². The van der Waals surface area contributed by atoms with Crippen LogP contribution in [0.15, 0.2) is 103 Å². The van der Waals surface area contributed by atoms with Crippen molar-refractivity contribution in [1.82, 2.24) is 9.97 Å². The van der Waals surface area contributed by atoms with Crippen LogP contribution >= 0.6 is 11.3 Å². The van der Waals surface area contributed by atoms with Crippen molar-refractivity contribution >= 4 is 56.4 Å². The molecule has 1 aliphatic rings. The molecule has 1 aliphatic carbocycles. The molecule has 0 radical (unpaired) electrons. The summed E-state index contributed by atoms with van der Waals surface area (Å²) in [5.74, 6) is 0.175. The molecular formula is C28H17N3O2S. The molecule has 0 bridgehead atoms. The van der Waals surface area contributed by atoms with Gasteiger partial charge in [0.05, 0.1) is 16.7 Å². The standard InChI is InChI=1S/C28H17N3O2S/c32-27-21-16-18-8-4-5-11-23(18)30-26(21)28(33)22(27)17-20-13-14-25(34-20)31(19-9-2-1-3-10-19)24-12-6-7-15-29-24/h1-17H/b22-17+. The highest BCUT2D eigenvalue weighted by atomic mass is 32.1. The number of benzene rings is 2. The number of Topliss-reactive ketones (excluding diaryl/α,β-unsaturated/α-hetero) is 2. The van der Waals surface area contributed by atoms with E-state index in [-0.39, 0.29) is 22.8 Å². The topological polar surface area (TPSA) is 63.2 Å². The average Bonchev–Trinajstić information content (AvgIpc) is 3.43. The van der Waals surface area contributed by atoms with E-state index in [2.05, 4.69) is 9.97 Å². The number of pyridine rings is 2. The highest BCUT2D eigenvalue weighted by Gasteiger charge is 2.35.